The third kappa shape index (κ3) is 3.83. The van der Waals surface area contributed by atoms with Crippen LogP contribution in [0.3, 0.4) is 0 Å². The van der Waals surface area contributed by atoms with Gasteiger partial charge in [-0.15, -0.1) is 10.2 Å². The molecule has 0 spiro atoms. The smallest absolute Gasteiger partial charge is 0.191 e. The van der Waals surface area contributed by atoms with Gasteiger partial charge in [0.15, 0.2) is 16.8 Å². The molecule has 0 amide bonds. The summed E-state index contributed by atoms with van der Waals surface area (Å²) in [6, 6.07) is 12.2. The summed E-state index contributed by atoms with van der Waals surface area (Å²) in [6.45, 7) is 10.1. The Bertz CT molecular complexity index is 1010. The number of nitrogens with zero attached hydrogens (tertiary/aromatic N) is 3. The van der Waals surface area contributed by atoms with Crippen LogP contribution in [0.15, 0.2) is 41.6 Å². The highest BCUT2D eigenvalue weighted by Crippen LogP contribution is 2.29. The van der Waals surface area contributed by atoms with Crippen LogP contribution in [0.25, 0.3) is 11.4 Å². The predicted octanol–water partition coefficient (Wildman–Crippen LogP) is 5.08. The van der Waals surface area contributed by atoms with Crippen molar-refractivity contribution >= 4 is 17.5 Å². The van der Waals surface area contributed by atoms with Gasteiger partial charge in [0.1, 0.15) is 0 Å². The molecule has 2 aromatic carbocycles. The molecule has 0 aliphatic rings. The van der Waals surface area contributed by atoms with E-state index in [1.165, 1.54) is 17.3 Å². The molecule has 3 aromatic rings. The highest BCUT2D eigenvalue weighted by Gasteiger charge is 2.22. The minimum atomic E-state index is -0.238. The number of rotatable bonds is 5. The molecular formula is C22H25N3OS. The van der Waals surface area contributed by atoms with Gasteiger partial charge in [-0.2, -0.15) is 0 Å². The molecule has 0 aliphatic carbocycles. The van der Waals surface area contributed by atoms with Crippen LogP contribution in [0.4, 0.5) is 0 Å². The Balaban J connectivity index is 1.85. The van der Waals surface area contributed by atoms with Crippen molar-refractivity contribution in [1.82, 2.24) is 14.8 Å². The van der Waals surface area contributed by atoms with Crippen molar-refractivity contribution in [1.29, 1.82) is 0 Å². The van der Waals surface area contributed by atoms with E-state index in [2.05, 4.69) is 36.2 Å². The van der Waals surface area contributed by atoms with E-state index < -0.39 is 0 Å². The number of aryl methyl sites for hydroxylation is 4. The van der Waals surface area contributed by atoms with Gasteiger partial charge in [-0.3, -0.25) is 4.79 Å². The number of benzene rings is 2. The number of hydrogen-bond donors (Lipinski definition) is 0. The quantitative estimate of drug-likeness (QED) is 0.458. The van der Waals surface area contributed by atoms with Crippen LogP contribution in [0.1, 0.15) is 39.5 Å². The van der Waals surface area contributed by atoms with Gasteiger partial charge in [0.25, 0.3) is 0 Å². The number of ketones is 1. The predicted molar refractivity (Wildman–Crippen MR) is 111 cm³/mol. The van der Waals surface area contributed by atoms with Gasteiger partial charge in [-0.25, -0.2) is 0 Å². The third-order valence-corrected chi connectivity index (χ3v) is 6.11. The second-order valence-electron chi connectivity index (χ2n) is 7.06. The lowest BCUT2D eigenvalue weighted by molar-refractivity contribution is 0.0993. The standard InChI is InChI=1S/C22H25N3OS/c1-13-9-7-8-10-18(13)21-23-24-22(25(21)6)27-17(5)20(26)19-12-15(3)14(2)11-16(19)4/h7-12,17H,1-6H3. The van der Waals surface area contributed by atoms with Crippen LogP contribution in [-0.4, -0.2) is 25.8 Å². The fourth-order valence-corrected chi connectivity index (χ4v) is 4.02. The normalized spacial score (nSPS) is 12.2. The summed E-state index contributed by atoms with van der Waals surface area (Å²) in [4.78, 5) is 13.0. The number of Topliss-reactive ketones (excluding diaryl/α,β-unsaturated/α-hetero) is 1. The van der Waals surface area contributed by atoms with Crippen molar-refractivity contribution in [2.45, 2.75) is 45.0 Å². The van der Waals surface area contributed by atoms with Crippen molar-refractivity contribution < 1.29 is 4.79 Å². The SMILES string of the molecule is Cc1cc(C)c(C(=O)C(C)Sc2nnc(-c3ccccc3C)n2C)cc1C. The van der Waals surface area contributed by atoms with E-state index in [1.807, 2.05) is 56.7 Å². The summed E-state index contributed by atoms with van der Waals surface area (Å²) >= 11 is 1.45. The molecular weight excluding hydrogens is 354 g/mol. The summed E-state index contributed by atoms with van der Waals surface area (Å²) in [5, 5.41) is 9.19. The van der Waals surface area contributed by atoms with Crippen LogP contribution in [0.2, 0.25) is 0 Å². The topological polar surface area (TPSA) is 47.8 Å². The van der Waals surface area contributed by atoms with Gasteiger partial charge in [-0.1, -0.05) is 42.1 Å². The van der Waals surface area contributed by atoms with Gasteiger partial charge in [-0.05, 0) is 62.9 Å². The van der Waals surface area contributed by atoms with Crippen LogP contribution >= 0.6 is 11.8 Å². The fourth-order valence-electron chi connectivity index (χ4n) is 3.13. The maximum absolute atomic E-state index is 13.0. The van der Waals surface area contributed by atoms with Crippen LogP contribution in [0.5, 0.6) is 0 Å². The fraction of sp³-hybridized carbons (Fsp3) is 0.318. The van der Waals surface area contributed by atoms with Gasteiger partial charge < -0.3 is 4.57 Å². The molecule has 4 nitrogen and oxygen atoms in total. The number of carbonyl (C=O) groups excluding carboxylic acids is 1. The summed E-state index contributed by atoms with van der Waals surface area (Å²) in [5.74, 6) is 0.943. The first-order valence-electron chi connectivity index (χ1n) is 9.03. The van der Waals surface area contributed by atoms with E-state index in [0.717, 1.165) is 38.8 Å². The van der Waals surface area contributed by atoms with Gasteiger partial charge in [0, 0.05) is 18.2 Å². The number of hydrogen-bond acceptors (Lipinski definition) is 4. The van der Waals surface area contributed by atoms with Crippen molar-refractivity contribution in [3.63, 3.8) is 0 Å². The monoisotopic (exact) mass is 379 g/mol. The Kier molecular flexibility index (Phi) is 5.51. The lowest BCUT2D eigenvalue weighted by atomic mass is 9.97. The minimum absolute atomic E-state index is 0.126. The lowest BCUT2D eigenvalue weighted by Gasteiger charge is -2.14. The molecule has 140 valence electrons. The van der Waals surface area contributed by atoms with Crippen LogP contribution in [-0.2, 0) is 7.05 Å². The van der Waals surface area contributed by atoms with Crippen molar-refractivity contribution in [2.75, 3.05) is 0 Å². The van der Waals surface area contributed by atoms with Crippen LogP contribution < -0.4 is 0 Å². The van der Waals surface area contributed by atoms with Gasteiger partial charge in [0.2, 0.25) is 0 Å². The van der Waals surface area contributed by atoms with E-state index in [0.29, 0.717) is 0 Å². The molecule has 0 bridgehead atoms. The molecule has 1 unspecified atom stereocenters. The molecule has 0 N–H and O–H groups in total. The lowest BCUT2D eigenvalue weighted by Crippen LogP contribution is -2.16. The first kappa shape index (κ1) is 19.4. The highest BCUT2D eigenvalue weighted by molar-refractivity contribution is 8.00. The molecule has 0 radical (unpaired) electrons. The molecule has 27 heavy (non-hydrogen) atoms. The molecule has 0 aliphatic heterocycles. The van der Waals surface area contributed by atoms with Gasteiger partial charge in [0.05, 0.1) is 5.25 Å². The zero-order valence-corrected chi connectivity index (χ0v) is 17.5. The van der Waals surface area contributed by atoms with Crippen molar-refractivity contribution in [3.8, 4) is 11.4 Å². The van der Waals surface area contributed by atoms with E-state index in [-0.39, 0.29) is 11.0 Å². The Labute approximate surface area is 165 Å². The van der Waals surface area contributed by atoms with E-state index in [4.69, 9.17) is 0 Å². The maximum atomic E-state index is 13.0. The second-order valence-corrected chi connectivity index (χ2v) is 8.36. The Hall–Kier alpha value is -2.40. The van der Waals surface area contributed by atoms with Gasteiger partial charge >= 0.3 is 0 Å². The molecule has 1 atom stereocenters. The van der Waals surface area contributed by atoms with E-state index >= 15 is 0 Å². The number of aromatic nitrogens is 3. The van der Waals surface area contributed by atoms with Crippen LogP contribution in [0, 0.1) is 27.7 Å². The van der Waals surface area contributed by atoms with Crippen molar-refractivity contribution in [3.05, 3.63) is 64.2 Å². The number of carbonyl (C=O) groups is 1. The summed E-state index contributed by atoms with van der Waals surface area (Å²) < 4.78 is 1.96. The molecule has 3 rings (SSSR count). The summed E-state index contributed by atoms with van der Waals surface area (Å²) in [7, 11) is 1.95. The molecule has 1 aromatic heterocycles. The molecule has 0 saturated heterocycles. The Morgan fingerprint density at radius 3 is 2.33 bits per heavy atom. The Morgan fingerprint density at radius 1 is 0.963 bits per heavy atom. The van der Waals surface area contributed by atoms with E-state index in [1.54, 1.807) is 0 Å². The molecule has 5 heteroatoms. The zero-order valence-electron chi connectivity index (χ0n) is 16.7. The van der Waals surface area contributed by atoms with Crippen molar-refractivity contribution in [2.24, 2.45) is 7.05 Å². The molecule has 0 saturated carbocycles. The molecule has 0 fully saturated rings. The average Bonchev–Trinajstić information content (AvgIpc) is 2.98. The van der Waals surface area contributed by atoms with E-state index in [9.17, 15) is 4.79 Å². The number of thioether (sulfide) groups is 1. The molecule has 1 heterocycles. The minimum Gasteiger partial charge on any atom is -0.305 e. The second kappa shape index (κ2) is 7.69. The first-order chi connectivity index (χ1) is 12.8. The Morgan fingerprint density at radius 2 is 1.63 bits per heavy atom. The summed E-state index contributed by atoms with van der Waals surface area (Å²) in [6.07, 6.45) is 0. The first-order valence-corrected chi connectivity index (χ1v) is 9.91. The summed E-state index contributed by atoms with van der Waals surface area (Å²) in [5.41, 5.74) is 6.37. The zero-order chi connectivity index (χ0) is 19.7. The highest BCUT2D eigenvalue weighted by atomic mass is 32.2. The third-order valence-electron chi connectivity index (χ3n) is 4.98. The largest absolute Gasteiger partial charge is 0.305 e. The maximum Gasteiger partial charge on any atom is 0.191 e. The average molecular weight is 380 g/mol.